The van der Waals surface area contributed by atoms with E-state index in [2.05, 4.69) is 15.3 Å². The van der Waals surface area contributed by atoms with Crippen molar-refractivity contribution in [1.29, 1.82) is 0 Å². The molecule has 4 rings (SSSR count). The molecule has 8 nitrogen and oxygen atoms in total. The van der Waals surface area contributed by atoms with Crippen LogP contribution in [0.5, 0.6) is 5.88 Å². The minimum Gasteiger partial charge on any atom is -0.477 e. The van der Waals surface area contributed by atoms with Crippen LogP contribution in [0.3, 0.4) is 0 Å². The van der Waals surface area contributed by atoms with Crippen LogP contribution in [0.15, 0.2) is 83.4 Å². The summed E-state index contributed by atoms with van der Waals surface area (Å²) in [6.45, 7) is 3.79. The van der Waals surface area contributed by atoms with Gasteiger partial charge in [0.05, 0.1) is 24.9 Å². The monoisotopic (exact) mass is 515 g/mol. The van der Waals surface area contributed by atoms with Crippen LogP contribution in [0.4, 0.5) is 0 Å². The minimum absolute atomic E-state index is 0.218. The molecule has 0 saturated carbocycles. The first-order valence-electron chi connectivity index (χ1n) is 12.5. The Morgan fingerprint density at radius 1 is 1.08 bits per heavy atom. The summed E-state index contributed by atoms with van der Waals surface area (Å²) in [4.78, 5) is 22.1. The smallest absolute Gasteiger partial charge is 0.252 e. The van der Waals surface area contributed by atoms with E-state index in [9.17, 15) is 9.90 Å². The largest absolute Gasteiger partial charge is 0.477 e. The first kappa shape index (κ1) is 27.0. The normalized spacial score (nSPS) is 13.5. The Hall–Kier alpha value is -4.01. The van der Waals surface area contributed by atoms with Crippen molar-refractivity contribution in [3.63, 3.8) is 0 Å². The van der Waals surface area contributed by atoms with E-state index in [1.54, 1.807) is 19.2 Å². The maximum Gasteiger partial charge on any atom is 0.252 e. The number of hydrogen-bond donors (Lipinski definition) is 2. The van der Waals surface area contributed by atoms with Gasteiger partial charge in [-0.3, -0.25) is 4.79 Å². The highest BCUT2D eigenvalue weighted by atomic mass is 16.5. The van der Waals surface area contributed by atoms with Gasteiger partial charge in [0.25, 0.3) is 5.91 Å². The highest BCUT2D eigenvalue weighted by molar-refractivity contribution is 5.85. The zero-order valence-electron chi connectivity index (χ0n) is 21.9. The third kappa shape index (κ3) is 6.65. The zero-order chi connectivity index (χ0) is 27.0. The molecule has 2 N–H and O–H groups in total. The maximum absolute atomic E-state index is 13.1. The highest BCUT2D eigenvalue weighted by Gasteiger charge is 2.35. The van der Waals surface area contributed by atoms with Crippen molar-refractivity contribution in [1.82, 2.24) is 15.3 Å². The van der Waals surface area contributed by atoms with Gasteiger partial charge in [-0.1, -0.05) is 54.6 Å². The lowest BCUT2D eigenvalue weighted by molar-refractivity contribution is -0.142. The van der Waals surface area contributed by atoms with Crippen molar-refractivity contribution in [2.24, 2.45) is 0 Å². The Kier molecular flexibility index (Phi) is 8.89. The number of oxazole rings is 1. The Morgan fingerprint density at radius 3 is 2.42 bits per heavy atom. The van der Waals surface area contributed by atoms with Gasteiger partial charge < -0.3 is 24.3 Å². The summed E-state index contributed by atoms with van der Waals surface area (Å²) < 4.78 is 17.2. The molecule has 198 valence electrons. The number of methoxy groups -OCH3 is 1. The second-order valence-corrected chi connectivity index (χ2v) is 9.22. The van der Waals surface area contributed by atoms with E-state index in [1.807, 2.05) is 73.7 Å². The lowest BCUT2D eigenvalue weighted by atomic mass is 9.95. The first-order valence-corrected chi connectivity index (χ1v) is 12.5. The number of hydrogen-bond acceptors (Lipinski definition) is 7. The molecule has 2 atom stereocenters. The summed E-state index contributed by atoms with van der Waals surface area (Å²) in [5, 5.41) is 12.7. The number of aryl methyl sites for hydroxylation is 1. The van der Waals surface area contributed by atoms with Crippen molar-refractivity contribution in [3.8, 4) is 17.3 Å². The average molecular weight is 516 g/mol. The lowest BCUT2D eigenvalue weighted by Crippen LogP contribution is -2.49. The third-order valence-corrected chi connectivity index (χ3v) is 6.46. The second kappa shape index (κ2) is 12.5. The number of nitrogens with zero attached hydrogens (tertiary/aromatic N) is 2. The van der Waals surface area contributed by atoms with Crippen LogP contribution in [0.1, 0.15) is 35.5 Å². The van der Waals surface area contributed by atoms with Crippen LogP contribution < -0.4 is 10.1 Å². The number of carbonyl (C=O) groups excluding carboxylic acids is 1. The number of pyridine rings is 1. The van der Waals surface area contributed by atoms with Crippen molar-refractivity contribution >= 4 is 5.91 Å². The van der Waals surface area contributed by atoms with Crippen LogP contribution in [0, 0.1) is 6.92 Å². The molecule has 0 radical (unpaired) electrons. The topological polar surface area (TPSA) is 107 Å². The first-order chi connectivity index (χ1) is 18.4. The highest BCUT2D eigenvalue weighted by Crippen LogP contribution is 2.23. The number of carbonyl (C=O) groups is 1. The van der Waals surface area contributed by atoms with E-state index < -0.39 is 11.6 Å². The number of nitrogens with one attached hydrogen (secondary N) is 1. The number of rotatable bonds is 12. The predicted octanol–water partition coefficient (Wildman–Crippen LogP) is 4.46. The molecule has 2 aromatic carbocycles. The fourth-order valence-corrected chi connectivity index (χ4v) is 4.08. The van der Waals surface area contributed by atoms with Gasteiger partial charge in [0, 0.05) is 37.8 Å². The molecule has 0 bridgehead atoms. The Balaban J connectivity index is 1.32. The molecular formula is C30H33N3O5. The fourth-order valence-electron chi connectivity index (χ4n) is 4.08. The van der Waals surface area contributed by atoms with Crippen molar-refractivity contribution in [2.45, 2.75) is 38.3 Å². The van der Waals surface area contributed by atoms with Crippen LogP contribution >= 0.6 is 0 Å². The van der Waals surface area contributed by atoms with E-state index in [0.717, 1.165) is 28.1 Å². The summed E-state index contributed by atoms with van der Waals surface area (Å²) in [5.41, 5.74) is 2.27. The number of aliphatic hydroxyl groups is 1. The van der Waals surface area contributed by atoms with Crippen LogP contribution in [-0.4, -0.2) is 46.9 Å². The van der Waals surface area contributed by atoms with Crippen molar-refractivity contribution in [3.05, 3.63) is 102 Å². The van der Waals surface area contributed by atoms with Gasteiger partial charge in [-0.25, -0.2) is 9.97 Å². The van der Waals surface area contributed by atoms with Crippen molar-refractivity contribution in [2.75, 3.05) is 20.3 Å². The Morgan fingerprint density at radius 2 is 1.79 bits per heavy atom. The van der Waals surface area contributed by atoms with Gasteiger partial charge >= 0.3 is 0 Å². The standard InChI is InChI=1S/C30H33N3O5/c1-21-25(32-28(38-21)24-12-8-5-9-13-24)16-17-37-27-15-14-22(19-31-27)18-30(2,36-3)29(35)33-26(20-34)23-10-6-4-7-11-23/h4-15,19,26,34H,16-18,20H2,1-3H3,(H,33,35)/t26-,30+/m0/s1. The molecule has 0 spiro atoms. The molecular weight excluding hydrogens is 482 g/mol. The number of amides is 1. The summed E-state index contributed by atoms with van der Waals surface area (Å²) in [7, 11) is 1.50. The van der Waals surface area contributed by atoms with Crippen LogP contribution in [0.25, 0.3) is 11.5 Å². The molecule has 0 aliphatic rings. The summed E-state index contributed by atoms with van der Waals surface area (Å²) >= 11 is 0. The molecule has 0 saturated heterocycles. The molecule has 2 aromatic heterocycles. The molecule has 1 amide bonds. The minimum atomic E-state index is -1.15. The van der Waals surface area contributed by atoms with Gasteiger partial charge in [-0.15, -0.1) is 0 Å². The number of ether oxygens (including phenoxy) is 2. The quantitative estimate of drug-likeness (QED) is 0.287. The van der Waals surface area contributed by atoms with Gasteiger partial charge in [0.15, 0.2) is 0 Å². The molecule has 0 aliphatic heterocycles. The number of aromatic nitrogens is 2. The number of benzene rings is 2. The molecule has 2 heterocycles. The fraction of sp³-hybridized carbons (Fsp3) is 0.300. The SMILES string of the molecule is CO[C@](C)(Cc1ccc(OCCc2nc(-c3ccccc3)oc2C)nc1)C(=O)N[C@@H](CO)c1ccccc1. The summed E-state index contributed by atoms with van der Waals surface area (Å²) in [6, 6.07) is 22.2. The number of aliphatic hydroxyl groups excluding tert-OH is 1. The Bertz CT molecular complexity index is 1310. The van der Waals surface area contributed by atoms with Gasteiger partial charge in [0.2, 0.25) is 11.8 Å². The third-order valence-electron chi connectivity index (χ3n) is 6.46. The van der Waals surface area contributed by atoms with Crippen molar-refractivity contribution < 1.29 is 23.8 Å². The summed E-state index contributed by atoms with van der Waals surface area (Å²) in [6.07, 6.45) is 2.56. The summed E-state index contributed by atoms with van der Waals surface area (Å²) in [5.74, 6) is 1.52. The van der Waals surface area contributed by atoms with E-state index in [-0.39, 0.29) is 12.5 Å². The van der Waals surface area contributed by atoms with Crippen LogP contribution in [0.2, 0.25) is 0 Å². The molecule has 0 aliphatic carbocycles. The average Bonchev–Trinajstić information content (AvgIpc) is 3.33. The molecule has 0 fully saturated rings. The van der Waals surface area contributed by atoms with E-state index in [1.165, 1.54) is 7.11 Å². The van der Waals surface area contributed by atoms with Gasteiger partial charge in [-0.2, -0.15) is 0 Å². The van der Waals surface area contributed by atoms with E-state index >= 15 is 0 Å². The molecule has 0 unspecified atom stereocenters. The van der Waals surface area contributed by atoms with E-state index in [0.29, 0.717) is 31.2 Å². The predicted molar refractivity (Wildman–Crippen MR) is 144 cm³/mol. The Labute approximate surface area is 222 Å². The molecule has 38 heavy (non-hydrogen) atoms. The van der Waals surface area contributed by atoms with Crippen LogP contribution in [-0.2, 0) is 22.4 Å². The van der Waals surface area contributed by atoms with E-state index in [4.69, 9.17) is 13.9 Å². The second-order valence-electron chi connectivity index (χ2n) is 9.22. The van der Waals surface area contributed by atoms with Gasteiger partial charge in [0.1, 0.15) is 11.4 Å². The molecule has 4 aromatic rings. The molecule has 8 heteroatoms. The van der Waals surface area contributed by atoms with Gasteiger partial charge in [-0.05, 0) is 37.1 Å². The lowest BCUT2D eigenvalue weighted by Gasteiger charge is -2.29. The zero-order valence-corrected chi connectivity index (χ0v) is 21.9. The maximum atomic E-state index is 13.1.